The van der Waals surface area contributed by atoms with Gasteiger partial charge < -0.3 is 5.32 Å². The van der Waals surface area contributed by atoms with Crippen LogP contribution in [0.1, 0.15) is 24.9 Å². The van der Waals surface area contributed by atoms with Crippen LogP contribution in [0.3, 0.4) is 0 Å². The SMILES string of the molecule is CCC(NC)c1cnn(CC(F)(F)F)c1. The summed E-state index contributed by atoms with van der Waals surface area (Å²) >= 11 is 0. The Morgan fingerprint density at radius 1 is 1.53 bits per heavy atom. The first-order chi connectivity index (χ1) is 6.96. The van der Waals surface area contributed by atoms with Gasteiger partial charge in [-0.1, -0.05) is 6.92 Å². The van der Waals surface area contributed by atoms with Crippen LogP contribution in [0.2, 0.25) is 0 Å². The molecule has 1 N–H and O–H groups in total. The van der Waals surface area contributed by atoms with Gasteiger partial charge in [0.1, 0.15) is 6.54 Å². The molecule has 0 aliphatic heterocycles. The highest BCUT2D eigenvalue weighted by Gasteiger charge is 2.28. The van der Waals surface area contributed by atoms with Gasteiger partial charge in [-0.05, 0) is 13.5 Å². The second-order valence-electron chi connectivity index (χ2n) is 3.34. The third kappa shape index (κ3) is 3.54. The van der Waals surface area contributed by atoms with Crippen molar-refractivity contribution in [3.05, 3.63) is 18.0 Å². The summed E-state index contributed by atoms with van der Waals surface area (Å²) in [5, 5.41) is 6.68. The van der Waals surface area contributed by atoms with Crippen molar-refractivity contribution in [2.45, 2.75) is 32.1 Å². The van der Waals surface area contributed by atoms with E-state index in [2.05, 4.69) is 10.4 Å². The highest BCUT2D eigenvalue weighted by Crippen LogP contribution is 2.19. The number of rotatable bonds is 4. The molecule has 0 bridgehead atoms. The summed E-state index contributed by atoms with van der Waals surface area (Å²) < 4.78 is 37.0. The van der Waals surface area contributed by atoms with E-state index >= 15 is 0 Å². The van der Waals surface area contributed by atoms with Crippen molar-refractivity contribution in [1.82, 2.24) is 15.1 Å². The molecule has 1 aromatic heterocycles. The predicted octanol–water partition coefficient (Wildman–Crippen LogP) is 2.12. The molecule has 1 rings (SSSR count). The van der Waals surface area contributed by atoms with Gasteiger partial charge in [-0.2, -0.15) is 18.3 Å². The van der Waals surface area contributed by atoms with Crippen molar-refractivity contribution in [2.75, 3.05) is 7.05 Å². The molecule has 15 heavy (non-hydrogen) atoms. The molecule has 0 aliphatic carbocycles. The van der Waals surface area contributed by atoms with Gasteiger partial charge in [-0.25, -0.2) is 0 Å². The minimum Gasteiger partial charge on any atom is -0.313 e. The molecule has 1 aromatic rings. The topological polar surface area (TPSA) is 29.9 Å². The van der Waals surface area contributed by atoms with Crippen molar-refractivity contribution in [1.29, 1.82) is 0 Å². The molecule has 0 saturated heterocycles. The van der Waals surface area contributed by atoms with Crippen LogP contribution >= 0.6 is 0 Å². The Balaban J connectivity index is 2.71. The molecule has 0 aromatic carbocycles. The van der Waals surface area contributed by atoms with Crippen molar-refractivity contribution in [3.63, 3.8) is 0 Å². The normalized spacial score (nSPS) is 14.2. The molecule has 86 valence electrons. The quantitative estimate of drug-likeness (QED) is 0.844. The second kappa shape index (κ2) is 4.65. The fourth-order valence-electron chi connectivity index (χ4n) is 1.44. The van der Waals surface area contributed by atoms with Gasteiger partial charge >= 0.3 is 6.18 Å². The zero-order valence-corrected chi connectivity index (χ0v) is 8.67. The molecule has 1 atom stereocenters. The van der Waals surface area contributed by atoms with Crippen LogP contribution in [0.4, 0.5) is 13.2 Å². The standard InChI is InChI=1S/C9H14F3N3/c1-3-8(13-2)7-4-14-15(5-7)6-9(10,11)12/h4-5,8,13H,3,6H2,1-2H3. The summed E-state index contributed by atoms with van der Waals surface area (Å²) in [7, 11) is 1.77. The molecule has 0 amide bonds. The number of nitrogens with zero attached hydrogens (tertiary/aromatic N) is 2. The number of hydrogen-bond acceptors (Lipinski definition) is 2. The van der Waals surface area contributed by atoms with Gasteiger partial charge in [0.25, 0.3) is 0 Å². The van der Waals surface area contributed by atoms with Crippen LogP contribution in [0, 0.1) is 0 Å². The summed E-state index contributed by atoms with van der Waals surface area (Å²) in [6.07, 6.45) is -0.507. The Morgan fingerprint density at radius 3 is 2.67 bits per heavy atom. The van der Waals surface area contributed by atoms with Gasteiger partial charge in [0.2, 0.25) is 0 Å². The average molecular weight is 221 g/mol. The number of hydrogen-bond donors (Lipinski definition) is 1. The van der Waals surface area contributed by atoms with Crippen LogP contribution < -0.4 is 5.32 Å². The minimum absolute atomic E-state index is 0.0620. The first-order valence-corrected chi connectivity index (χ1v) is 4.72. The molecule has 0 aliphatic rings. The summed E-state index contributed by atoms with van der Waals surface area (Å²) in [5.41, 5.74) is 0.782. The lowest BCUT2D eigenvalue weighted by molar-refractivity contribution is -0.142. The summed E-state index contributed by atoms with van der Waals surface area (Å²) in [4.78, 5) is 0. The Kier molecular flexibility index (Phi) is 3.73. The molecular weight excluding hydrogens is 207 g/mol. The van der Waals surface area contributed by atoms with Crippen molar-refractivity contribution < 1.29 is 13.2 Å². The highest BCUT2D eigenvalue weighted by atomic mass is 19.4. The molecule has 6 heteroatoms. The van der Waals surface area contributed by atoms with E-state index in [0.29, 0.717) is 0 Å². The molecule has 0 spiro atoms. The number of halogens is 3. The highest BCUT2D eigenvalue weighted by molar-refractivity contribution is 5.09. The maximum Gasteiger partial charge on any atom is 0.408 e. The third-order valence-corrected chi connectivity index (χ3v) is 2.15. The number of nitrogens with one attached hydrogen (secondary N) is 1. The molecule has 0 radical (unpaired) electrons. The monoisotopic (exact) mass is 221 g/mol. The molecule has 1 unspecified atom stereocenters. The Morgan fingerprint density at radius 2 is 2.20 bits per heavy atom. The van der Waals surface area contributed by atoms with E-state index in [1.165, 1.54) is 12.4 Å². The van der Waals surface area contributed by atoms with Crippen LogP contribution in [-0.2, 0) is 6.54 Å². The fourth-order valence-corrected chi connectivity index (χ4v) is 1.44. The largest absolute Gasteiger partial charge is 0.408 e. The van der Waals surface area contributed by atoms with Crippen molar-refractivity contribution >= 4 is 0 Å². The van der Waals surface area contributed by atoms with E-state index in [-0.39, 0.29) is 6.04 Å². The van der Waals surface area contributed by atoms with E-state index in [0.717, 1.165) is 16.7 Å². The van der Waals surface area contributed by atoms with Gasteiger partial charge in [0.15, 0.2) is 0 Å². The zero-order valence-electron chi connectivity index (χ0n) is 8.67. The first kappa shape index (κ1) is 12.0. The molecule has 3 nitrogen and oxygen atoms in total. The van der Waals surface area contributed by atoms with Gasteiger partial charge in [0.05, 0.1) is 6.20 Å². The van der Waals surface area contributed by atoms with Crippen molar-refractivity contribution in [3.8, 4) is 0 Å². The fraction of sp³-hybridized carbons (Fsp3) is 0.667. The third-order valence-electron chi connectivity index (χ3n) is 2.15. The summed E-state index contributed by atoms with van der Waals surface area (Å²) in [6, 6.07) is 0.0620. The lowest BCUT2D eigenvalue weighted by Gasteiger charge is -2.10. The first-order valence-electron chi connectivity index (χ1n) is 4.72. The van der Waals surface area contributed by atoms with Gasteiger partial charge in [0, 0.05) is 17.8 Å². The van der Waals surface area contributed by atoms with Crippen molar-refractivity contribution in [2.24, 2.45) is 0 Å². The van der Waals surface area contributed by atoms with E-state index in [4.69, 9.17) is 0 Å². The average Bonchev–Trinajstić information content (AvgIpc) is 2.52. The lowest BCUT2D eigenvalue weighted by atomic mass is 10.1. The van der Waals surface area contributed by atoms with Crippen LogP contribution in [0.5, 0.6) is 0 Å². The lowest BCUT2D eigenvalue weighted by Crippen LogP contribution is -2.18. The second-order valence-corrected chi connectivity index (χ2v) is 3.34. The van der Waals surface area contributed by atoms with Gasteiger partial charge in [-0.3, -0.25) is 4.68 Å². The number of aromatic nitrogens is 2. The van der Waals surface area contributed by atoms with Crippen LogP contribution in [0.25, 0.3) is 0 Å². The maximum atomic E-state index is 12.0. The minimum atomic E-state index is -4.22. The Labute approximate surface area is 86.3 Å². The zero-order chi connectivity index (χ0) is 11.5. The molecule has 1 heterocycles. The van der Waals surface area contributed by atoms with Gasteiger partial charge in [-0.15, -0.1) is 0 Å². The predicted molar refractivity (Wildman–Crippen MR) is 50.4 cm³/mol. The van der Waals surface area contributed by atoms with Crippen LogP contribution in [-0.4, -0.2) is 23.0 Å². The molecule has 0 fully saturated rings. The smallest absolute Gasteiger partial charge is 0.313 e. The van der Waals surface area contributed by atoms with E-state index < -0.39 is 12.7 Å². The van der Waals surface area contributed by atoms with E-state index in [9.17, 15) is 13.2 Å². The maximum absolute atomic E-state index is 12.0. The Bertz CT molecular complexity index is 302. The molecule has 0 saturated carbocycles. The number of alkyl halides is 3. The molecular formula is C9H14F3N3. The van der Waals surface area contributed by atoms with Crippen LogP contribution in [0.15, 0.2) is 12.4 Å². The summed E-state index contributed by atoms with van der Waals surface area (Å²) in [5.74, 6) is 0. The van der Waals surface area contributed by atoms with E-state index in [1.807, 2.05) is 6.92 Å². The van der Waals surface area contributed by atoms with E-state index in [1.54, 1.807) is 7.05 Å². The summed E-state index contributed by atoms with van der Waals surface area (Å²) in [6.45, 7) is 0.926. The Hall–Kier alpha value is -1.04.